The maximum absolute atomic E-state index is 12.2. The summed E-state index contributed by atoms with van der Waals surface area (Å²) in [5.41, 5.74) is 2.16. The van der Waals surface area contributed by atoms with Crippen LogP contribution >= 0.6 is 0 Å². The Morgan fingerprint density at radius 2 is 1.79 bits per heavy atom. The summed E-state index contributed by atoms with van der Waals surface area (Å²) in [6.45, 7) is 3.80. The zero-order valence-electron chi connectivity index (χ0n) is 15.2. The van der Waals surface area contributed by atoms with Crippen LogP contribution in [0.3, 0.4) is 0 Å². The third-order valence-electron chi connectivity index (χ3n) is 3.96. The van der Waals surface area contributed by atoms with Crippen LogP contribution in [0.1, 0.15) is 11.5 Å². The van der Waals surface area contributed by atoms with Crippen LogP contribution in [0.25, 0.3) is 11.5 Å². The molecule has 0 unspecified atom stereocenters. The molecule has 142 valence electrons. The molecule has 7 heteroatoms. The van der Waals surface area contributed by atoms with E-state index in [1.165, 1.54) is 6.08 Å². The van der Waals surface area contributed by atoms with Crippen LogP contribution in [0.4, 0.5) is 5.69 Å². The molecule has 7 nitrogen and oxygen atoms in total. The first-order chi connectivity index (χ1) is 13.7. The molecule has 2 aromatic carbocycles. The number of amides is 2. The Morgan fingerprint density at radius 3 is 2.57 bits per heavy atom. The van der Waals surface area contributed by atoms with Gasteiger partial charge in [0.1, 0.15) is 0 Å². The smallest absolute Gasteiger partial charge is 0.247 e. The van der Waals surface area contributed by atoms with Gasteiger partial charge >= 0.3 is 0 Å². The summed E-state index contributed by atoms with van der Waals surface area (Å²) in [6, 6.07) is 16.6. The van der Waals surface area contributed by atoms with Gasteiger partial charge in [0.25, 0.3) is 0 Å². The van der Waals surface area contributed by atoms with E-state index in [-0.39, 0.29) is 18.2 Å². The lowest BCUT2D eigenvalue weighted by Crippen LogP contribution is -2.27. The number of hydrogen-bond acceptors (Lipinski definition) is 5. The Bertz CT molecular complexity index is 967. The second-order valence-corrected chi connectivity index (χ2v) is 5.99. The van der Waals surface area contributed by atoms with Crippen molar-refractivity contribution in [1.82, 2.24) is 15.5 Å². The number of nitrogens with one attached hydrogen (secondary N) is 2. The Balaban J connectivity index is 1.51. The van der Waals surface area contributed by atoms with Crippen molar-refractivity contribution in [3.05, 3.63) is 78.7 Å². The number of carbonyl (C=O) groups excluding carboxylic acids is 2. The molecule has 0 saturated heterocycles. The van der Waals surface area contributed by atoms with Crippen LogP contribution in [0.5, 0.6) is 0 Å². The quantitative estimate of drug-likeness (QED) is 0.589. The van der Waals surface area contributed by atoms with E-state index in [2.05, 4.69) is 27.4 Å². The van der Waals surface area contributed by atoms with Gasteiger partial charge in [0.2, 0.25) is 23.6 Å². The Hall–Kier alpha value is -3.74. The van der Waals surface area contributed by atoms with Crippen molar-refractivity contribution in [2.45, 2.75) is 12.8 Å². The number of nitrogens with zero attached hydrogens (tertiary/aromatic N) is 2. The van der Waals surface area contributed by atoms with Crippen molar-refractivity contribution in [3.8, 4) is 11.5 Å². The third-order valence-corrected chi connectivity index (χ3v) is 3.96. The maximum atomic E-state index is 12.2. The molecule has 0 spiro atoms. The van der Waals surface area contributed by atoms with E-state index < -0.39 is 0 Å². The highest BCUT2D eigenvalue weighted by atomic mass is 16.4. The number of carbonyl (C=O) groups is 2. The number of aromatic nitrogens is 2. The van der Waals surface area contributed by atoms with E-state index in [9.17, 15) is 9.59 Å². The number of hydrogen-bond donors (Lipinski definition) is 2. The van der Waals surface area contributed by atoms with Gasteiger partial charge in [-0.25, -0.2) is 0 Å². The molecule has 2 amide bonds. The molecule has 0 aliphatic rings. The van der Waals surface area contributed by atoms with Crippen LogP contribution in [0, 0.1) is 0 Å². The van der Waals surface area contributed by atoms with Gasteiger partial charge in [-0.05, 0) is 29.8 Å². The Labute approximate surface area is 162 Å². The number of benzene rings is 2. The first kappa shape index (κ1) is 19.0. The molecule has 0 radical (unpaired) electrons. The average Bonchev–Trinajstić information content (AvgIpc) is 3.19. The van der Waals surface area contributed by atoms with Crippen molar-refractivity contribution in [1.29, 1.82) is 0 Å². The van der Waals surface area contributed by atoms with Gasteiger partial charge in [-0.2, -0.15) is 0 Å². The van der Waals surface area contributed by atoms with Gasteiger partial charge < -0.3 is 15.1 Å². The predicted octanol–water partition coefficient (Wildman–Crippen LogP) is 2.76. The number of anilines is 1. The van der Waals surface area contributed by atoms with Crippen molar-refractivity contribution in [2.75, 3.05) is 11.9 Å². The fourth-order valence-corrected chi connectivity index (χ4v) is 2.58. The third kappa shape index (κ3) is 5.14. The van der Waals surface area contributed by atoms with Crippen LogP contribution in [0.15, 0.2) is 71.7 Å². The SMILES string of the molecule is C=CC(=O)Nc1ccccc1CC(=O)NCCc1nnc(-c2ccccc2)o1. The molecular formula is C21H20N4O3. The normalized spacial score (nSPS) is 10.3. The van der Waals surface area contributed by atoms with Gasteiger partial charge in [0.15, 0.2) is 0 Å². The summed E-state index contributed by atoms with van der Waals surface area (Å²) in [5, 5.41) is 13.5. The van der Waals surface area contributed by atoms with Crippen molar-refractivity contribution in [2.24, 2.45) is 0 Å². The van der Waals surface area contributed by atoms with Gasteiger partial charge in [-0.1, -0.05) is 43.0 Å². The van der Waals surface area contributed by atoms with Gasteiger partial charge in [-0.3, -0.25) is 9.59 Å². The molecule has 0 aliphatic carbocycles. The molecule has 28 heavy (non-hydrogen) atoms. The average molecular weight is 376 g/mol. The van der Waals surface area contributed by atoms with E-state index in [0.717, 1.165) is 11.1 Å². The summed E-state index contributed by atoms with van der Waals surface area (Å²) < 4.78 is 5.61. The highest BCUT2D eigenvalue weighted by Crippen LogP contribution is 2.17. The summed E-state index contributed by atoms with van der Waals surface area (Å²) in [4.78, 5) is 23.7. The van der Waals surface area contributed by atoms with Crippen molar-refractivity contribution in [3.63, 3.8) is 0 Å². The molecule has 0 fully saturated rings. The van der Waals surface area contributed by atoms with E-state index in [0.29, 0.717) is 30.4 Å². The zero-order valence-corrected chi connectivity index (χ0v) is 15.2. The molecule has 0 aliphatic heterocycles. The predicted molar refractivity (Wildman–Crippen MR) is 105 cm³/mol. The first-order valence-electron chi connectivity index (χ1n) is 8.81. The van der Waals surface area contributed by atoms with Gasteiger partial charge in [-0.15, -0.1) is 10.2 Å². The summed E-state index contributed by atoms with van der Waals surface area (Å²) in [6.07, 6.45) is 1.76. The van der Waals surface area contributed by atoms with Crippen LogP contribution in [-0.2, 0) is 22.4 Å². The van der Waals surface area contributed by atoms with Crippen molar-refractivity contribution < 1.29 is 14.0 Å². The highest BCUT2D eigenvalue weighted by Gasteiger charge is 2.11. The zero-order chi connectivity index (χ0) is 19.8. The summed E-state index contributed by atoms with van der Waals surface area (Å²) >= 11 is 0. The molecular weight excluding hydrogens is 356 g/mol. The second-order valence-electron chi connectivity index (χ2n) is 5.99. The summed E-state index contributed by atoms with van der Waals surface area (Å²) in [5.74, 6) is 0.424. The fraction of sp³-hybridized carbons (Fsp3) is 0.143. The minimum atomic E-state index is -0.321. The second kappa shape index (κ2) is 9.27. The molecule has 3 rings (SSSR count). The standard InChI is InChI=1S/C21H20N4O3/c1-2-18(26)23-17-11-7-6-10-16(17)14-19(27)22-13-12-20-24-25-21(28-20)15-8-4-3-5-9-15/h2-11H,1,12-14H2,(H,22,27)(H,23,26). The summed E-state index contributed by atoms with van der Waals surface area (Å²) in [7, 11) is 0. The van der Waals surface area contributed by atoms with Crippen LogP contribution in [0.2, 0.25) is 0 Å². The lowest BCUT2D eigenvalue weighted by Gasteiger charge is -2.10. The lowest BCUT2D eigenvalue weighted by atomic mass is 10.1. The first-order valence-corrected chi connectivity index (χ1v) is 8.81. The molecule has 1 heterocycles. The minimum absolute atomic E-state index is 0.146. The van der Waals surface area contributed by atoms with E-state index in [1.54, 1.807) is 18.2 Å². The monoisotopic (exact) mass is 376 g/mol. The van der Waals surface area contributed by atoms with E-state index in [4.69, 9.17) is 4.42 Å². The largest absolute Gasteiger partial charge is 0.421 e. The number of rotatable bonds is 8. The van der Waals surface area contributed by atoms with E-state index >= 15 is 0 Å². The number of para-hydroxylation sites is 1. The minimum Gasteiger partial charge on any atom is -0.421 e. The Kier molecular flexibility index (Phi) is 6.30. The maximum Gasteiger partial charge on any atom is 0.247 e. The molecule has 0 atom stereocenters. The molecule has 2 N–H and O–H groups in total. The van der Waals surface area contributed by atoms with Gasteiger partial charge in [0, 0.05) is 24.2 Å². The molecule has 0 saturated carbocycles. The fourth-order valence-electron chi connectivity index (χ4n) is 2.58. The van der Waals surface area contributed by atoms with Crippen LogP contribution in [-0.4, -0.2) is 28.6 Å². The molecule has 0 bridgehead atoms. The lowest BCUT2D eigenvalue weighted by molar-refractivity contribution is -0.120. The topological polar surface area (TPSA) is 97.1 Å². The Morgan fingerprint density at radius 1 is 1.04 bits per heavy atom. The van der Waals surface area contributed by atoms with Crippen molar-refractivity contribution >= 4 is 17.5 Å². The van der Waals surface area contributed by atoms with Crippen LogP contribution < -0.4 is 10.6 Å². The molecule has 3 aromatic rings. The molecule has 1 aromatic heterocycles. The van der Waals surface area contributed by atoms with E-state index in [1.807, 2.05) is 36.4 Å². The van der Waals surface area contributed by atoms with Gasteiger partial charge in [0.05, 0.1) is 6.42 Å². The highest BCUT2D eigenvalue weighted by molar-refractivity contribution is 5.99.